The first-order valence-electron chi connectivity index (χ1n) is 14.2. The van der Waals surface area contributed by atoms with Gasteiger partial charge in [0.1, 0.15) is 17.3 Å². The average Bonchev–Trinajstić information content (AvgIpc) is 3.64. The van der Waals surface area contributed by atoms with Gasteiger partial charge in [-0.2, -0.15) is 0 Å². The van der Waals surface area contributed by atoms with Crippen LogP contribution < -0.4 is 19.6 Å². The average molecular weight is 589 g/mol. The van der Waals surface area contributed by atoms with Gasteiger partial charge in [0, 0.05) is 22.8 Å². The van der Waals surface area contributed by atoms with E-state index in [1.807, 2.05) is 54.6 Å². The molecule has 3 aromatic carbocycles. The van der Waals surface area contributed by atoms with Crippen LogP contribution in [0.15, 0.2) is 105 Å². The molecule has 7 nitrogen and oxygen atoms in total. The second-order valence-corrected chi connectivity index (χ2v) is 11.4. The first-order valence-corrected chi connectivity index (χ1v) is 15.0. The van der Waals surface area contributed by atoms with Gasteiger partial charge in [0.25, 0.3) is 5.56 Å². The number of rotatable bonds is 6. The molecule has 1 aliphatic heterocycles. The minimum absolute atomic E-state index is 0.123. The van der Waals surface area contributed by atoms with E-state index < -0.39 is 0 Å². The van der Waals surface area contributed by atoms with E-state index in [1.54, 1.807) is 36.8 Å². The Morgan fingerprint density at radius 1 is 1.02 bits per heavy atom. The van der Waals surface area contributed by atoms with Gasteiger partial charge >= 0.3 is 5.97 Å². The fraction of sp³-hybridized carbons (Fsp3) is 0.171. The number of benzene rings is 3. The monoisotopic (exact) mass is 588 g/mol. The van der Waals surface area contributed by atoms with Crippen LogP contribution in [0.5, 0.6) is 5.75 Å². The van der Waals surface area contributed by atoms with Crippen molar-refractivity contribution < 1.29 is 18.7 Å². The second-order valence-electron chi connectivity index (χ2n) is 10.4. The third-order valence-corrected chi connectivity index (χ3v) is 8.87. The van der Waals surface area contributed by atoms with Crippen molar-refractivity contribution in [1.29, 1.82) is 0 Å². The van der Waals surface area contributed by atoms with Crippen LogP contribution in [0.3, 0.4) is 0 Å². The molecule has 0 spiro atoms. The van der Waals surface area contributed by atoms with Crippen molar-refractivity contribution in [2.24, 2.45) is 4.99 Å². The van der Waals surface area contributed by atoms with Crippen LogP contribution >= 0.6 is 11.3 Å². The van der Waals surface area contributed by atoms with Gasteiger partial charge in [-0.3, -0.25) is 9.36 Å². The summed E-state index contributed by atoms with van der Waals surface area (Å²) in [4.78, 5) is 31.8. The van der Waals surface area contributed by atoms with Crippen molar-refractivity contribution in [3.63, 3.8) is 0 Å². The van der Waals surface area contributed by atoms with Gasteiger partial charge in [0.2, 0.25) is 0 Å². The van der Waals surface area contributed by atoms with Gasteiger partial charge in [-0.15, -0.1) is 0 Å². The van der Waals surface area contributed by atoms with Crippen molar-refractivity contribution in [2.75, 3.05) is 13.7 Å². The lowest BCUT2D eigenvalue weighted by molar-refractivity contribution is 0.0526. The summed E-state index contributed by atoms with van der Waals surface area (Å²) in [6.07, 6.45) is 3.46. The van der Waals surface area contributed by atoms with Crippen LogP contribution in [0.1, 0.15) is 52.2 Å². The van der Waals surface area contributed by atoms with Gasteiger partial charge in [0.15, 0.2) is 4.80 Å². The summed E-state index contributed by atoms with van der Waals surface area (Å²) in [5, 5.41) is 0. The first-order chi connectivity index (χ1) is 21.1. The number of esters is 1. The van der Waals surface area contributed by atoms with Crippen LogP contribution in [0, 0.1) is 0 Å². The van der Waals surface area contributed by atoms with Crippen LogP contribution in [0.25, 0.3) is 23.1 Å². The standard InChI is InChI=1S/C35H28N2O5S/c1-3-41-34(39)23-14-12-22(13-15-23)28-19-17-24(42-28)20-30-33(38)37-32(26-10-6-7-11-29(26)40-2)27-18-16-21-8-4-5-9-25(21)31(27)36-35(37)43-30/h4-15,17,19-20,32H,3,16,18H2,1-2H3/b30-20+/t32-/m1/s1. The van der Waals surface area contributed by atoms with Crippen molar-refractivity contribution >= 4 is 29.1 Å². The molecule has 3 heterocycles. The molecule has 2 aromatic heterocycles. The van der Waals surface area contributed by atoms with Gasteiger partial charge < -0.3 is 13.9 Å². The molecular weight excluding hydrogens is 560 g/mol. The van der Waals surface area contributed by atoms with Crippen LogP contribution in [0.2, 0.25) is 0 Å². The third-order valence-electron chi connectivity index (χ3n) is 7.89. The topological polar surface area (TPSA) is 83.0 Å². The van der Waals surface area contributed by atoms with E-state index in [2.05, 4.69) is 18.2 Å². The largest absolute Gasteiger partial charge is 0.496 e. The predicted octanol–water partition coefficient (Wildman–Crippen LogP) is 5.76. The number of carbonyl (C=O) groups is 1. The number of aryl methyl sites for hydroxylation is 1. The highest BCUT2D eigenvalue weighted by Crippen LogP contribution is 2.43. The molecule has 1 atom stereocenters. The number of methoxy groups -OCH3 is 1. The molecule has 0 fully saturated rings. The third kappa shape index (κ3) is 4.73. The normalized spacial score (nSPS) is 15.8. The van der Waals surface area contributed by atoms with Crippen molar-refractivity contribution in [1.82, 2.24) is 4.57 Å². The zero-order chi connectivity index (χ0) is 29.5. The molecule has 43 heavy (non-hydrogen) atoms. The quantitative estimate of drug-likeness (QED) is 0.236. The fourth-order valence-corrected chi connectivity index (χ4v) is 6.87. The fourth-order valence-electron chi connectivity index (χ4n) is 5.89. The Kier molecular flexibility index (Phi) is 6.91. The maximum atomic E-state index is 14.1. The summed E-state index contributed by atoms with van der Waals surface area (Å²) in [5.74, 6) is 1.56. The molecule has 0 saturated heterocycles. The Hall–Kier alpha value is -4.95. The van der Waals surface area contributed by atoms with E-state index in [-0.39, 0.29) is 17.6 Å². The Labute approximate surface area is 251 Å². The molecule has 0 radical (unpaired) electrons. The molecule has 0 unspecified atom stereocenters. The number of carbonyl (C=O) groups excluding carboxylic acids is 1. The van der Waals surface area contributed by atoms with E-state index in [4.69, 9.17) is 18.9 Å². The first kappa shape index (κ1) is 26.9. The maximum absolute atomic E-state index is 14.1. The van der Waals surface area contributed by atoms with Gasteiger partial charge in [0.05, 0.1) is 35.6 Å². The highest BCUT2D eigenvalue weighted by Gasteiger charge is 2.34. The van der Waals surface area contributed by atoms with E-state index in [0.29, 0.717) is 33.0 Å². The van der Waals surface area contributed by atoms with Gasteiger partial charge in [-0.1, -0.05) is 65.9 Å². The summed E-state index contributed by atoms with van der Waals surface area (Å²) in [7, 11) is 1.66. The van der Waals surface area contributed by atoms with Crippen molar-refractivity contribution in [3.05, 3.63) is 138 Å². The van der Waals surface area contributed by atoms with Crippen LogP contribution in [-0.2, 0) is 11.2 Å². The number of aromatic nitrogens is 1. The van der Waals surface area contributed by atoms with Crippen molar-refractivity contribution in [2.45, 2.75) is 25.8 Å². The minimum Gasteiger partial charge on any atom is -0.496 e. The van der Waals surface area contributed by atoms with E-state index in [9.17, 15) is 9.59 Å². The SMILES string of the molecule is CCOC(=O)c1ccc(-c2ccc(/C=c3/sc4n(c3=O)[C@H](c3ccccc3OC)C3=C(N=4)c4ccccc4CC3)o2)cc1. The molecule has 0 amide bonds. The number of hydrogen-bond donors (Lipinski definition) is 0. The maximum Gasteiger partial charge on any atom is 0.338 e. The molecule has 0 bridgehead atoms. The summed E-state index contributed by atoms with van der Waals surface area (Å²) in [6.45, 7) is 2.10. The Morgan fingerprint density at radius 3 is 2.63 bits per heavy atom. The molecule has 7 rings (SSSR count). The smallest absolute Gasteiger partial charge is 0.338 e. The predicted molar refractivity (Wildman–Crippen MR) is 166 cm³/mol. The Morgan fingerprint density at radius 2 is 1.81 bits per heavy atom. The molecule has 2 aliphatic rings. The van der Waals surface area contributed by atoms with Crippen molar-refractivity contribution in [3.8, 4) is 17.1 Å². The summed E-state index contributed by atoms with van der Waals surface area (Å²) in [5.41, 5.74) is 6.55. The number of furan rings is 1. The highest BCUT2D eigenvalue weighted by atomic mass is 32.1. The molecule has 0 N–H and O–H groups in total. The zero-order valence-electron chi connectivity index (χ0n) is 23.7. The van der Waals surface area contributed by atoms with E-state index in [0.717, 1.165) is 46.6 Å². The molecular formula is C35H28N2O5S. The molecule has 0 saturated carbocycles. The number of ether oxygens (including phenoxy) is 2. The molecule has 5 aromatic rings. The number of para-hydroxylation sites is 1. The lowest BCUT2D eigenvalue weighted by Gasteiger charge is -2.31. The summed E-state index contributed by atoms with van der Waals surface area (Å²) in [6, 6.07) is 26.7. The summed E-state index contributed by atoms with van der Waals surface area (Å²) >= 11 is 1.36. The second kappa shape index (κ2) is 11.0. The minimum atomic E-state index is -0.360. The number of fused-ring (bicyclic) bond motifs is 3. The number of hydrogen-bond acceptors (Lipinski definition) is 7. The Balaban J connectivity index is 1.33. The lowest BCUT2D eigenvalue weighted by Crippen LogP contribution is -2.38. The molecule has 214 valence electrons. The number of allylic oxidation sites excluding steroid dienone is 1. The zero-order valence-corrected chi connectivity index (χ0v) is 24.5. The van der Waals surface area contributed by atoms with Crippen LogP contribution in [0.4, 0.5) is 0 Å². The summed E-state index contributed by atoms with van der Waals surface area (Å²) < 4.78 is 19.3. The molecule has 1 aliphatic carbocycles. The van der Waals surface area contributed by atoms with E-state index in [1.165, 1.54) is 16.9 Å². The van der Waals surface area contributed by atoms with E-state index >= 15 is 0 Å². The lowest BCUT2D eigenvalue weighted by atomic mass is 9.83. The number of nitrogens with zero attached hydrogens (tertiary/aromatic N) is 2. The molecule has 8 heteroatoms. The van der Waals surface area contributed by atoms with Gasteiger partial charge in [-0.05, 0) is 61.2 Å². The van der Waals surface area contributed by atoms with Crippen LogP contribution in [-0.4, -0.2) is 24.3 Å². The Bertz CT molecular complexity index is 2080. The number of thiazole rings is 1. The van der Waals surface area contributed by atoms with Gasteiger partial charge in [-0.25, -0.2) is 9.79 Å². The highest BCUT2D eigenvalue weighted by molar-refractivity contribution is 7.07.